The summed E-state index contributed by atoms with van der Waals surface area (Å²) in [5, 5.41) is 5.44. The van der Waals surface area contributed by atoms with Gasteiger partial charge in [-0.1, -0.05) is 24.3 Å². The summed E-state index contributed by atoms with van der Waals surface area (Å²) in [7, 11) is 3.10. The zero-order valence-electron chi connectivity index (χ0n) is 20.3. The maximum absolute atomic E-state index is 12.4. The zero-order chi connectivity index (χ0) is 25.9. The SMILES string of the molecule is COc1cccc(NC(=O)COc2ccc(C(=O)OC(C)C(=O)NCc3ccccc3OC)cc2)c1. The first kappa shape index (κ1) is 26.1. The number of esters is 1. The quantitative estimate of drug-likeness (QED) is 0.394. The highest BCUT2D eigenvalue weighted by Crippen LogP contribution is 2.18. The van der Waals surface area contributed by atoms with Crippen LogP contribution in [0.4, 0.5) is 5.69 Å². The molecule has 3 aromatic carbocycles. The molecule has 9 nitrogen and oxygen atoms in total. The third kappa shape index (κ3) is 7.49. The molecule has 9 heteroatoms. The third-order valence-electron chi connectivity index (χ3n) is 5.11. The van der Waals surface area contributed by atoms with Gasteiger partial charge in [-0.05, 0) is 49.4 Å². The van der Waals surface area contributed by atoms with Gasteiger partial charge in [-0.3, -0.25) is 9.59 Å². The Kier molecular flexibility index (Phi) is 9.27. The van der Waals surface area contributed by atoms with Gasteiger partial charge < -0.3 is 29.6 Å². The summed E-state index contributed by atoms with van der Waals surface area (Å²) < 4.78 is 21.1. The van der Waals surface area contributed by atoms with Crippen molar-refractivity contribution in [1.29, 1.82) is 0 Å². The third-order valence-corrected chi connectivity index (χ3v) is 5.11. The largest absolute Gasteiger partial charge is 0.497 e. The van der Waals surface area contributed by atoms with E-state index in [0.29, 0.717) is 22.9 Å². The average molecular weight is 493 g/mol. The van der Waals surface area contributed by atoms with Crippen LogP contribution in [0.5, 0.6) is 17.2 Å². The Morgan fingerprint density at radius 2 is 1.61 bits per heavy atom. The van der Waals surface area contributed by atoms with Crippen molar-refractivity contribution in [2.75, 3.05) is 26.1 Å². The smallest absolute Gasteiger partial charge is 0.338 e. The molecule has 0 aliphatic carbocycles. The summed E-state index contributed by atoms with van der Waals surface area (Å²) in [5.74, 6) is 0.241. The van der Waals surface area contributed by atoms with Gasteiger partial charge in [0, 0.05) is 23.9 Å². The lowest BCUT2D eigenvalue weighted by Gasteiger charge is -2.15. The number of carbonyl (C=O) groups excluding carboxylic acids is 3. The highest BCUT2D eigenvalue weighted by atomic mass is 16.5. The van der Waals surface area contributed by atoms with Crippen LogP contribution in [0, 0.1) is 0 Å². The molecule has 2 N–H and O–H groups in total. The molecule has 0 aromatic heterocycles. The Morgan fingerprint density at radius 3 is 2.33 bits per heavy atom. The predicted octanol–water partition coefficient (Wildman–Crippen LogP) is 3.58. The number of rotatable bonds is 11. The Labute approximate surface area is 209 Å². The molecule has 3 aromatic rings. The van der Waals surface area contributed by atoms with Crippen LogP contribution in [0.3, 0.4) is 0 Å². The van der Waals surface area contributed by atoms with E-state index in [2.05, 4.69) is 10.6 Å². The van der Waals surface area contributed by atoms with Gasteiger partial charge >= 0.3 is 5.97 Å². The fourth-order valence-corrected chi connectivity index (χ4v) is 3.19. The molecule has 0 aliphatic heterocycles. The number of hydrogen-bond acceptors (Lipinski definition) is 7. The van der Waals surface area contributed by atoms with Gasteiger partial charge in [0.25, 0.3) is 11.8 Å². The van der Waals surface area contributed by atoms with Crippen LogP contribution in [-0.4, -0.2) is 44.7 Å². The minimum absolute atomic E-state index is 0.218. The van der Waals surface area contributed by atoms with E-state index in [4.69, 9.17) is 18.9 Å². The summed E-state index contributed by atoms with van der Waals surface area (Å²) >= 11 is 0. The topological polar surface area (TPSA) is 112 Å². The van der Waals surface area contributed by atoms with Crippen molar-refractivity contribution >= 4 is 23.5 Å². The second-order valence-corrected chi connectivity index (χ2v) is 7.67. The maximum Gasteiger partial charge on any atom is 0.338 e. The number of amides is 2. The van der Waals surface area contributed by atoms with Crippen molar-refractivity contribution in [3.05, 3.63) is 83.9 Å². The molecule has 0 fully saturated rings. The highest BCUT2D eigenvalue weighted by Gasteiger charge is 2.19. The van der Waals surface area contributed by atoms with Gasteiger partial charge in [0.1, 0.15) is 17.2 Å². The van der Waals surface area contributed by atoms with Crippen LogP contribution in [0.25, 0.3) is 0 Å². The number of ether oxygens (including phenoxy) is 4. The lowest BCUT2D eigenvalue weighted by molar-refractivity contribution is -0.129. The van der Waals surface area contributed by atoms with Gasteiger partial charge in [0.2, 0.25) is 0 Å². The molecular weight excluding hydrogens is 464 g/mol. The van der Waals surface area contributed by atoms with E-state index in [-0.39, 0.29) is 24.6 Å². The molecule has 0 saturated carbocycles. The molecule has 0 aliphatic rings. The summed E-state index contributed by atoms with van der Waals surface area (Å²) in [6, 6.07) is 20.4. The van der Waals surface area contributed by atoms with E-state index in [1.807, 2.05) is 18.2 Å². The summed E-state index contributed by atoms with van der Waals surface area (Å²) in [6.07, 6.45) is -0.997. The minimum atomic E-state index is -0.997. The Bertz CT molecular complexity index is 1190. The first-order chi connectivity index (χ1) is 17.4. The van der Waals surface area contributed by atoms with Crippen molar-refractivity contribution in [1.82, 2.24) is 5.32 Å². The molecule has 36 heavy (non-hydrogen) atoms. The van der Waals surface area contributed by atoms with Gasteiger partial charge in [-0.2, -0.15) is 0 Å². The molecular formula is C27H28N2O7. The Morgan fingerprint density at radius 1 is 0.861 bits per heavy atom. The lowest BCUT2D eigenvalue weighted by atomic mass is 10.2. The minimum Gasteiger partial charge on any atom is -0.497 e. The predicted molar refractivity (Wildman–Crippen MR) is 133 cm³/mol. The molecule has 0 bridgehead atoms. The molecule has 1 unspecified atom stereocenters. The number of hydrogen-bond donors (Lipinski definition) is 2. The van der Waals surface area contributed by atoms with Crippen LogP contribution in [0.15, 0.2) is 72.8 Å². The van der Waals surface area contributed by atoms with Crippen molar-refractivity contribution in [2.45, 2.75) is 19.6 Å². The van der Waals surface area contributed by atoms with E-state index < -0.39 is 18.0 Å². The molecule has 188 valence electrons. The highest BCUT2D eigenvalue weighted by molar-refractivity contribution is 5.93. The van der Waals surface area contributed by atoms with Gasteiger partial charge in [0.15, 0.2) is 12.7 Å². The fraction of sp³-hybridized carbons (Fsp3) is 0.222. The standard InChI is InChI=1S/C27H28N2O7/c1-18(26(31)28-16-20-7-4-5-10-24(20)34-3)36-27(32)19-11-13-22(14-12-19)35-17-25(30)29-21-8-6-9-23(15-21)33-2/h4-15,18H,16-17H2,1-3H3,(H,28,31)(H,29,30). The maximum atomic E-state index is 12.4. The first-order valence-corrected chi connectivity index (χ1v) is 11.2. The van der Waals surface area contributed by atoms with Gasteiger partial charge in [-0.15, -0.1) is 0 Å². The van der Waals surface area contributed by atoms with Crippen molar-refractivity contribution in [2.24, 2.45) is 0 Å². The molecule has 0 spiro atoms. The number of anilines is 1. The molecule has 0 radical (unpaired) electrons. The van der Waals surface area contributed by atoms with Crippen LogP contribution < -0.4 is 24.8 Å². The molecule has 2 amide bonds. The number of para-hydroxylation sites is 1. The second-order valence-electron chi connectivity index (χ2n) is 7.67. The van der Waals surface area contributed by atoms with Crippen LogP contribution in [-0.2, 0) is 20.9 Å². The Balaban J connectivity index is 1.45. The number of methoxy groups -OCH3 is 2. The zero-order valence-corrected chi connectivity index (χ0v) is 20.3. The Hall–Kier alpha value is -4.53. The van der Waals surface area contributed by atoms with Crippen LogP contribution >= 0.6 is 0 Å². The second kappa shape index (κ2) is 12.8. The molecule has 0 heterocycles. The van der Waals surface area contributed by atoms with Crippen molar-refractivity contribution in [3.8, 4) is 17.2 Å². The lowest BCUT2D eigenvalue weighted by Crippen LogP contribution is -2.35. The summed E-state index contributed by atoms with van der Waals surface area (Å²) in [4.78, 5) is 36.9. The normalized spacial score (nSPS) is 11.1. The number of nitrogens with one attached hydrogen (secondary N) is 2. The first-order valence-electron chi connectivity index (χ1n) is 11.2. The number of benzene rings is 3. The average Bonchev–Trinajstić information content (AvgIpc) is 2.90. The van der Waals surface area contributed by atoms with E-state index in [1.165, 1.54) is 19.1 Å². The van der Waals surface area contributed by atoms with Crippen molar-refractivity contribution < 1.29 is 33.3 Å². The van der Waals surface area contributed by atoms with Crippen molar-refractivity contribution in [3.63, 3.8) is 0 Å². The van der Waals surface area contributed by atoms with Gasteiger partial charge in [0.05, 0.1) is 19.8 Å². The van der Waals surface area contributed by atoms with Crippen LogP contribution in [0.2, 0.25) is 0 Å². The van der Waals surface area contributed by atoms with E-state index in [9.17, 15) is 14.4 Å². The molecule has 1 atom stereocenters. The van der Waals surface area contributed by atoms with E-state index >= 15 is 0 Å². The monoisotopic (exact) mass is 492 g/mol. The van der Waals surface area contributed by atoms with E-state index in [0.717, 1.165) is 5.56 Å². The molecule has 3 rings (SSSR count). The van der Waals surface area contributed by atoms with E-state index in [1.54, 1.807) is 56.7 Å². The van der Waals surface area contributed by atoms with Gasteiger partial charge in [-0.25, -0.2) is 4.79 Å². The summed E-state index contributed by atoms with van der Waals surface area (Å²) in [5.41, 5.74) is 1.63. The summed E-state index contributed by atoms with van der Waals surface area (Å²) in [6.45, 7) is 1.51. The molecule has 0 saturated heterocycles. The number of carbonyl (C=O) groups is 3. The fourth-order valence-electron chi connectivity index (χ4n) is 3.19. The van der Waals surface area contributed by atoms with Crippen LogP contribution in [0.1, 0.15) is 22.8 Å².